The van der Waals surface area contributed by atoms with Crippen molar-refractivity contribution in [2.24, 2.45) is 0 Å². The summed E-state index contributed by atoms with van der Waals surface area (Å²) < 4.78 is 11.5. The second kappa shape index (κ2) is 6.90. The van der Waals surface area contributed by atoms with Crippen molar-refractivity contribution in [3.8, 4) is 0 Å². The monoisotopic (exact) mass is 309 g/mol. The normalized spacial score (nSPS) is 24.3. The summed E-state index contributed by atoms with van der Waals surface area (Å²) in [6, 6.07) is 4.39. The van der Waals surface area contributed by atoms with Crippen LogP contribution in [0.15, 0.2) is 17.5 Å². The first-order valence-electron chi connectivity index (χ1n) is 7.85. The molecule has 2 heterocycles. The number of nitrogens with one attached hydrogen (secondary N) is 1. The van der Waals surface area contributed by atoms with Gasteiger partial charge in [0, 0.05) is 30.2 Å². The van der Waals surface area contributed by atoms with Crippen molar-refractivity contribution >= 4 is 17.2 Å². The van der Waals surface area contributed by atoms with Crippen molar-refractivity contribution in [1.29, 1.82) is 0 Å². The fourth-order valence-electron chi connectivity index (χ4n) is 3.26. The highest BCUT2D eigenvalue weighted by atomic mass is 32.1. The first-order valence-corrected chi connectivity index (χ1v) is 8.73. The van der Waals surface area contributed by atoms with Gasteiger partial charge in [-0.2, -0.15) is 0 Å². The molecule has 1 aliphatic heterocycles. The topological polar surface area (TPSA) is 47.6 Å². The van der Waals surface area contributed by atoms with E-state index < -0.39 is 5.79 Å². The van der Waals surface area contributed by atoms with Gasteiger partial charge in [0.25, 0.3) is 0 Å². The van der Waals surface area contributed by atoms with E-state index in [0.29, 0.717) is 19.6 Å². The Morgan fingerprint density at radius 1 is 1.43 bits per heavy atom. The first-order chi connectivity index (χ1) is 10.3. The summed E-state index contributed by atoms with van der Waals surface area (Å²) in [6.07, 6.45) is 6.35. The van der Waals surface area contributed by atoms with Gasteiger partial charge in [0.15, 0.2) is 5.79 Å². The summed E-state index contributed by atoms with van der Waals surface area (Å²) in [6.45, 7) is 1.36. The van der Waals surface area contributed by atoms with E-state index in [2.05, 4.69) is 22.8 Å². The zero-order valence-electron chi connectivity index (χ0n) is 12.3. The van der Waals surface area contributed by atoms with Crippen molar-refractivity contribution in [2.75, 3.05) is 13.2 Å². The number of carbonyl (C=O) groups excluding carboxylic acids is 1. The molecule has 4 nitrogen and oxygen atoms in total. The standard InChI is InChI=1S/C16H23NO3S/c18-15(7-1-5-14-6-3-11-21-14)17-13-4-2-8-16(12-13)19-9-10-20-16/h3,6,11,13H,1-2,4-5,7-10,12H2,(H,17,18)/t13-/m1/s1. The minimum absolute atomic E-state index is 0.159. The summed E-state index contributed by atoms with van der Waals surface area (Å²) in [4.78, 5) is 13.4. The second-order valence-electron chi connectivity index (χ2n) is 5.90. The Bertz CT molecular complexity index is 454. The molecule has 21 heavy (non-hydrogen) atoms. The van der Waals surface area contributed by atoms with Crippen LogP contribution < -0.4 is 5.32 Å². The van der Waals surface area contributed by atoms with Gasteiger partial charge < -0.3 is 14.8 Å². The molecule has 2 fully saturated rings. The Balaban J connectivity index is 1.40. The van der Waals surface area contributed by atoms with Crippen molar-refractivity contribution in [1.82, 2.24) is 5.32 Å². The predicted molar refractivity (Wildman–Crippen MR) is 82.3 cm³/mol. The molecule has 1 N–H and O–H groups in total. The third-order valence-corrected chi connectivity index (χ3v) is 5.19. The van der Waals surface area contributed by atoms with Gasteiger partial charge in [-0.15, -0.1) is 11.3 Å². The Hall–Kier alpha value is -0.910. The van der Waals surface area contributed by atoms with E-state index in [9.17, 15) is 4.79 Å². The molecule has 1 aliphatic carbocycles. The van der Waals surface area contributed by atoms with Gasteiger partial charge in [-0.1, -0.05) is 6.07 Å². The molecule has 116 valence electrons. The predicted octanol–water partition coefficient (Wildman–Crippen LogP) is 2.87. The molecule has 1 saturated heterocycles. The van der Waals surface area contributed by atoms with Crippen LogP contribution in [0.5, 0.6) is 0 Å². The van der Waals surface area contributed by atoms with Crippen LogP contribution in [0.3, 0.4) is 0 Å². The van der Waals surface area contributed by atoms with Crippen molar-refractivity contribution in [3.05, 3.63) is 22.4 Å². The SMILES string of the molecule is O=C(CCCc1cccs1)N[C@@H]1CCCC2(C1)OCCO2. The van der Waals surface area contributed by atoms with Gasteiger partial charge in [-0.05, 0) is 37.1 Å². The van der Waals surface area contributed by atoms with Crippen LogP contribution in [-0.4, -0.2) is 30.9 Å². The minimum atomic E-state index is -0.410. The molecule has 3 rings (SSSR count). The number of carbonyl (C=O) groups is 1. The Kier molecular flexibility index (Phi) is 4.93. The average Bonchev–Trinajstić information content (AvgIpc) is 3.11. The van der Waals surface area contributed by atoms with Crippen LogP contribution in [0.1, 0.15) is 43.4 Å². The van der Waals surface area contributed by atoms with E-state index in [0.717, 1.165) is 38.5 Å². The lowest BCUT2D eigenvalue weighted by atomic mass is 9.89. The number of rotatable bonds is 5. The fraction of sp³-hybridized carbons (Fsp3) is 0.688. The molecule has 1 spiro atoms. The molecule has 1 aromatic rings. The maximum absolute atomic E-state index is 12.1. The Morgan fingerprint density at radius 3 is 3.05 bits per heavy atom. The third kappa shape index (κ3) is 4.05. The maximum atomic E-state index is 12.1. The highest BCUT2D eigenvalue weighted by molar-refractivity contribution is 7.09. The molecule has 1 amide bonds. The lowest BCUT2D eigenvalue weighted by Gasteiger charge is -2.36. The molecule has 5 heteroatoms. The molecular weight excluding hydrogens is 286 g/mol. The number of amides is 1. The fourth-order valence-corrected chi connectivity index (χ4v) is 4.01. The highest BCUT2D eigenvalue weighted by Crippen LogP contribution is 2.35. The smallest absolute Gasteiger partial charge is 0.220 e. The Morgan fingerprint density at radius 2 is 2.29 bits per heavy atom. The zero-order chi connectivity index (χ0) is 14.5. The second-order valence-corrected chi connectivity index (χ2v) is 6.93. The van der Waals surface area contributed by atoms with Crippen molar-refractivity contribution < 1.29 is 14.3 Å². The summed E-state index contributed by atoms with van der Waals surface area (Å²) in [7, 11) is 0. The van der Waals surface area contributed by atoms with Gasteiger partial charge in [-0.25, -0.2) is 0 Å². The number of hydrogen-bond donors (Lipinski definition) is 1. The van der Waals surface area contributed by atoms with Crippen LogP contribution >= 0.6 is 11.3 Å². The Labute approximate surface area is 129 Å². The number of aryl methyl sites for hydroxylation is 1. The quantitative estimate of drug-likeness (QED) is 0.910. The molecule has 1 atom stereocenters. The average molecular weight is 309 g/mol. The van der Waals surface area contributed by atoms with Gasteiger partial charge in [-0.3, -0.25) is 4.79 Å². The first kappa shape index (κ1) is 15.0. The molecular formula is C16H23NO3S. The van der Waals surface area contributed by atoms with E-state index in [1.807, 2.05) is 0 Å². The number of hydrogen-bond acceptors (Lipinski definition) is 4. The molecule has 0 bridgehead atoms. The third-order valence-electron chi connectivity index (χ3n) is 4.25. The van der Waals surface area contributed by atoms with Crippen LogP contribution in [0, 0.1) is 0 Å². The van der Waals surface area contributed by atoms with Gasteiger partial charge in [0.1, 0.15) is 0 Å². The molecule has 0 aromatic carbocycles. The van der Waals surface area contributed by atoms with Gasteiger partial charge in [0.05, 0.1) is 13.2 Å². The van der Waals surface area contributed by atoms with Crippen LogP contribution in [0.2, 0.25) is 0 Å². The maximum Gasteiger partial charge on any atom is 0.220 e. The summed E-state index contributed by atoms with van der Waals surface area (Å²) >= 11 is 1.76. The lowest BCUT2D eigenvalue weighted by Crippen LogP contribution is -2.46. The summed E-state index contributed by atoms with van der Waals surface area (Å²) in [5.41, 5.74) is 0. The van der Waals surface area contributed by atoms with E-state index in [1.165, 1.54) is 4.88 Å². The zero-order valence-corrected chi connectivity index (χ0v) is 13.1. The van der Waals surface area contributed by atoms with E-state index in [4.69, 9.17) is 9.47 Å². The highest BCUT2D eigenvalue weighted by Gasteiger charge is 2.41. The number of thiophene rings is 1. The van der Waals surface area contributed by atoms with Crippen LogP contribution in [0.25, 0.3) is 0 Å². The van der Waals surface area contributed by atoms with Gasteiger partial charge >= 0.3 is 0 Å². The van der Waals surface area contributed by atoms with Crippen LogP contribution in [-0.2, 0) is 20.7 Å². The minimum Gasteiger partial charge on any atom is -0.353 e. The van der Waals surface area contributed by atoms with Crippen LogP contribution in [0.4, 0.5) is 0 Å². The van der Waals surface area contributed by atoms with E-state index >= 15 is 0 Å². The van der Waals surface area contributed by atoms with Crippen molar-refractivity contribution in [2.45, 2.75) is 56.8 Å². The van der Waals surface area contributed by atoms with Gasteiger partial charge in [0.2, 0.25) is 5.91 Å². The molecule has 0 unspecified atom stereocenters. The lowest BCUT2D eigenvalue weighted by molar-refractivity contribution is -0.182. The summed E-state index contributed by atoms with van der Waals surface area (Å²) in [5, 5.41) is 5.24. The van der Waals surface area contributed by atoms with E-state index in [1.54, 1.807) is 11.3 Å². The molecule has 1 saturated carbocycles. The molecule has 2 aliphatic rings. The molecule has 1 aromatic heterocycles. The largest absolute Gasteiger partial charge is 0.353 e. The summed E-state index contributed by atoms with van der Waals surface area (Å²) in [5.74, 6) is -0.251. The van der Waals surface area contributed by atoms with E-state index in [-0.39, 0.29) is 11.9 Å². The van der Waals surface area contributed by atoms with Crippen molar-refractivity contribution in [3.63, 3.8) is 0 Å². The molecule has 0 radical (unpaired) electrons. The number of ether oxygens (including phenoxy) is 2.